The molecule has 0 fully saturated rings. The van der Waals surface area contributed by atoms with E-state index in [0.717, 1.165) is 9.35 Å². The lowest BCUT2D eigenvalue weighted by Gasteiger charge is -2.14. The smallest absolute Gasteiger partial charge is 0.146 e. The Labute approximate surface area is 105 Å². The molecular formula is C10H9BrFN3S. The summed E-state index contributed by atoms with van der Waals surface area (Å²) in [6, 6.07) is 4.38. The van der Waals surface area contributed by atoms with Gasteiger partial charge in [0.15, 0.2) is 0 Å². The summed E-state index contributed by atoms with van der Waals surface area (Å²) in [4.78, 5) is 4.92. The normalized spacial score (nSPS) is 12.7. The Hall–Kier alpha value is -0.820. The second kappa shape index (κ2) is 5.01. The first kappa shape index (κ1) is 11.7. The number of hydrogen-bond acceptors (Lipinski definition) is 4. The van der Waals surface area contributed by atoms with Crippen LogP contribution >= 0.6 is 27.3 Å². The Morgan fingerprint density at radius 2 is 2.31 bits per heavy atom. The van der Waals surface area contributed by atoms with Gasteiger partial charge in [-0.1, -0.05) is 0 Å². The molecule has 2 rings (SSSR count). The van der Waals surface area contributed by atoms with Gasteiger partial charge in [-0.3, -0.25) is 10.8 Å². The number of aromatic nitrogens is 1. The van der Waals surface area contributed by atoms with Crippen molar-refractivity contribution in [1.29, 1.82) is 0 Å². The van der Waals surface area contributed by atoms with Crippen LogP contribution in [0.15, 0.2) is 34.2 Å². The number of pyridine rings is 1. The van der Waals surface area contributed by atoms with Crippen molar-refractivity contribution in [2.24, 2.45) is 5.84 Å². The predicted molar refractivity (Wildman–Crippen MR) is 65.4 cm³/mol. The molecule has 0 radical (unpaired) electrons. The quantitative estimate of drug-likeness (QED) is 0.677. The maximum absolute atomic E-state index is 13.6. The van der Waals surface area contributed by atoms with E-state index in [2.05, 4.69) is 26.3 Å². The number of nitrogens with zero attached hydrogens (tertiary/aromatic N) is 1. The third-order valence-corrected chi connectivity index (χ3v) is 4.07. The van der Waals surface area contributed by atoms with Crippen LogP contribution in [0.3, 0.4) is 0 Å². The summed E-state index contributed by atoms with van der Waals surface area (Å²) < 4.78 is 14.5. The summed E-state index contributed by atoms with van der Waals surface area (Å²) in [5.74, 6) is 5.09. The predicted octanol–water partition coefficient (Wildman–Crippen LogP) is 2.60. The van der Waals surface area contributed by atoms with Gasteiger partial charge < -0.3 is 0 Å². The first-order chi connectivity index (χ1) is 7.74. The Bertz CT molecular complexity index is 488. The molecule has 16 heavy (non-hydrogen) atoms. The van der Waals surface area contributed by atoms with Crippen molar-refractivity contribution in [3.05, 3.63) is 50.6 Å². The SMILES string of the molecule is NNC(c1ncccc1F)c1sccc1Br. The summed E-state index contributed by atoms with van der Waals surface area (Å²) in [6.45, 7) is 0. The molecule has 3 N–H and O–H groups in total. The maximum atomic E-state index is 13.6. The molecule has 0 saturated carbocycles. The van der Waals surface area contributed by atoms with Crippen LogP contribution in [0.25, 0.3) is 0 Å². The van der Waals surface area contributed by atoms with Crippen LogP contribution in [0.2, 0.25) is 0 Å². The van der Waals surface area contributed by atoms with Gasteiger partial charge in [0.25, 0.3) is 0 Å². The maximum Gasteiger partial charge on any atom is 0.146 e. The monoisotopic (exact) mass is 301 g/mol. The third kappa shape index (κ3) is 2.15. The highest BCUT2D eigenvalue weighted by Crippen LogP contribution is 2.32. The molecule has 0 aliphatic carbocycles. The van der Waals surface area contributed by atoms with Crippen LogP contribution in [-0.2, 0) is 0 Å². The van der Waals surface area contributed by atoms with E-state index in [0.29, 0.717) is 5.69 Å². The van der Waals surface area contributed by atoms with Gasteiger partial charge in [-0.15, -0.1) is 11.3 Å². The van der Waals surface area contributed by atoms with Gasteiger partial charge in [0, 0.05) is 15.5 Å². The van der Waals surface area contributed by atoms with Gasteiger partial charge >= 0.3 is 0 Å². The molecular weight excluding hydrogens is 293 g/mol. The molecule has 1 unspecified atom stereocenters. The van der Waals surface area contributed by atoms with Gasteiger partial charge in [-0.05, 0) is 39.5 Å². The fourth-order valence-electron chi connectivity index (χ4n) is 1.40. The van der Waals surface area contributed by atoms with E-state index in [1.54, 1.807) is 12.3 Å². The first-order valence-electron chi connectivity index (χ1n) is 4.53. The van der Waals surface area contributed by atoms with Crippen molar-refractivity contribution in [2.45, 2.75) is 6.04 Å². The molecule has 0 saturated heterocycles. The van der Waals surface area contributed by atoms with Crippen molar-refractivity contribution in [3.8, 4) is 0 Å². The van der Waals surface area contributed by atoms with E-state index >= 15 is 0 Å². The summed E-state index contributed by atoms with van der Waals surface area (Å²) in [6.07, 6.45) is 1.55. The molecule has 0 spiro atoms. The number of rotatable bonds is 3. The van der Waals surface area contributed by atoms with Gasteiger partial charge in [0.05, 0.1) is 5.69 Å². The number of thiophene rings is 1. The summed E-state index contributed by atoms with van der Waals surface area (Å²) >= 11 is 4.88. The molecule has 0 aliphatic heterocycles. The average Bonchev–Trinajstić information content (AvgIpc) is 2.69. The molecule has 3 nitrogen and oxygen atoms in total. The van der Waals surface area contributed by atoms with Crippen LogP contribution in [0.1, 0.15) is 16.6 Å². The van der Waals surface area contributed by atoms with Crippen LogP contribution in [-0.4, -0.2) is 4.98 Å². The van der Waals surface area contributed by atoms with E-state index < -0.39 is 6.04 Å². The minimum absolute atomic E-state index is 0.299. The van der Waals surface area contributed by atoms with Gasteiger partial charge in [0.1, 0.15) is 11.9 Å². The van der Waals surface area contributed by atoms with Crippen LogP contribution in [0, 0.1) is 5.82 Å². The van der Waals surface area contributed by atoms with Crippen molar-refractivity contribution in [1.82, 2.24) is 10.4 Å². The highest BCUT2D eigenvalue weighted by atomic mass is 79.9. The Morgan fingerprint density at radius 3 is 2.88 bits per heavy atom. The van der Waals surface area contributed by atoms with Crippen molar-refractivity contribution in [2.75, 3.05) is 0 Å². The van der Waals surface area contributed by atoms with Gasteiger partial charge in [-0.25, -0.2) is 9.82 Å². The van der Waals surface area contributed by atoms with Crippen LogP contribution < -0.4 is 11.3 Å². The fraction of sp³-hybridized carbons (Fsp3) is 0.100. The lowest BCUT2D eigenvalue weighted by molar-refractivity contribution is 0.547. The zero-order valence-corrected chi connectivity index (χ0v) is 10.6. The molecule has 2 aromatic heterocycles. The zero-order valence-electron chi connectivity index (χ0n) is 8.15. The molecule has 6 heteroatoms. The molecule has 0 amide bonds. The number of nitrogens with one attached hydrogen (secondary N) is 1. The lowest BCUT2D eigenvalue weighted by Crippen LogP contribution is -2.29. The van der Waals surface area contributed by atoms with E-state index in [4.69, 9.17) is 5.84 Å². The Kier molecular flexibility index (Phi) is 3.65. The van der Waals surface area contributed by atoms with E-state index in [1.807, 2.05) is 11.4 Å². The summed E-state index contributed by atoms with van der Waals surface area (Å²) in [7, 11) is 0. The number of hydrogen-bond donors (Lipinski definition) is 2. The van der Waals surface area contributed by atoms with Gasteiger partial charge in [0.2, 0.25) is 0 Å². The fourth-order valence-corrected chi connectivity index (χ4v) is 3.06. The summed E-state index contributed by atoms with van der Waals surface area (Å²) in [5, 5.41) is 1.91. The average molecular weight is 302 g/mol. The van der Waals surface area contributed by atoms with E-state index in [1.165, 1.54) is 17.4 Å². The lowest BCUT2D eigenvalue weighted by atomic mass is 10.1. The topological polar surface area (TPSA) is 50.9 Å². The molecule has 2 heterocycles. The van der Waals surface area contributed by atoms with Crippen molar-refractivity contribution < 1.29 is 4.39 Å². The third-order valence-electron chi connectivity index (χ3n) is 2.13. The Balaban J connectivity index is 2.45. The number of halogens is 2. The molecule has 84 valence electrons. The molecule has 0 aromatic carbocycles. The Morgan fingerprint density at radius 1 is 1.50 bits per heavy atom. The largest absolute Gasteiger partial charge is 0.270 e. The van der Waals surface area contributed by atoms with Crippen LogP contribution in [0.4, 0.5) is 4.39 Å². The van der Waals surface area contributed by atoms with E-state index in [9.17, 15) is 4.39 Å². The molecule has 2 aromatic rings. The minimum Gasteiger partial charge on any atom is -0.270 e. The second-order valence-electron chi connectivity index (χ2n) is 3.10. The van der Waals surface area contributed by atoms with E-state index in [-0.39, 0.29) is 5.82 Å². The van der Waals surface area contributed by atoms with Gasteiger partial charge in [-0.2, -0.15) is 0 Å². The van der Waals surface area contributed by atoms with Crippen LogP contribution in [0.5, 0.6) is 0 Å². The molecule has 0 aliphatic rings. The first-order valence-corrected chi connectivity index (χ1v) is 6.20. The standard InChI is InChI=1S/C10H9BrFN3S/c11-6-3-5-16-10(6)9(15-13)8-7(12)2-1-4-14-8/h1-5,9,15H,13H2. The minimum atomic E-state index is -0.435. The summed E-state index contributed by atoms with van der Waals surface area (Å²) in [5.41, 5.74) is 2.88. The molecule has 0 bridgehead atoms. The zero-order chi connectivity index (χ0) is 11.5. The highest BCUT2D eigenvalue weighted by Gasteiger charge is 2.21. The highest BCUT2D eigenvalue weighted by molar-refractivity contribution is 9.10. The van der Waals surface area contributed by atoms with Crippen molar-refractivity contribution >= 4 is 27.3 Å². The second-order valence-corrected chi connectivity index (χ2v) is 4.90. The molecule has 1 atom stereocenters. The number of nitrogens with two attached hydrogens (primary N) is 1. The number of hydrazine groups is 1. The van der Waals surface area contributed by atoms with Crippen molar-refractivity contribution in [3.63, 3.8) is 0 Å².